The summed E-state index contributed by atoms with van der Waals surface area (Å²) in [5.41, 5.74) is 0.648. The van der Waals surface area contributed by atoms with Gasteiger partial charge in [-0.05, 0) is 39.2 Å². The monoisotopic (exact) mass is 382 g/mol. The topological polar surface area (TPSA) is 84.9 Å². The van der Waals surface area contributed by atoms with Crippen molar-refractivity contribution < 1.29 is 23.9 Å². The highest BCUT2D eigenvalue weighted by Gasteiger charge is 2.29. The van der Waals surface area contributed by atoms with Gasteiger partial charge in [0.25, 0.3) is 0 Å². The molecule has 1 aromatic rings. The van der Waals surface area contributed by atoms with Crippen molar-refractivity contribution in [1.82, 2.24) is 4.90 Å². The molecule has 0 aromatic carbocycles. The van der Waals surface area contributed by atoms with Gasteiger partial charge in [0.2, 0.25) is 5.91 Å². The highest BCUT2D eigenvalue weighted by Crippen LogP contribution is 2.34. The Morgan fingerprint density at radius 3 is 2.23 bits per heavy atom. The minimum absolute atomic E-state index is 0.200. The van der Waals surface area contributed by atoms with E-state index in [1.807, 2.05) is 0 Å². The summed E-state index contributed by atoms with van der Waals surface area (Å²) >= 11 is 1.03. The number of carbonyl (C=O) groups excluding carboxylic acids is 3. The number of rotatable bonds is 5. The molecule has 1 fully saturated rings. The normalized spacial score (nSPS) is 20.5. The van der Waals surface area contributed by atoms with Gasteiger partial charge in [0.15, 0.2) is 0 Å². The lowest BCUT2D eigenvalue weighted by Gasteiger charge is -2.38. The van der Waals surface area contributed by atoms with Crippen molar-refractivity contribution in [3.63, 3.8) is 0 Å². The standard InChI is InChI=1S/C18H26N2O5S/c1-10-7-6-8-11(2)20(10)9-13(21)19-16-14(17(22)24-4)12(3)15(26-16)18(23)25-5/h10-11H,6-9H2,1-5H3,(H,19,21). The van der Waals surface area contributed by atoms with Crippen LogP contribution in [0.4, 0.5) is 5.00 Å². The van der Waals surface area contributed by atoms with E-state index in [4.69, 9.17) is 9.47 Å². The number of nitrogens with one attached hydrogen (secondary N) is 1. The molecule has 26 heavy (non-hydrogen) atoms. The Bertz CT molecular complexity index is 690. The SMILES string of the molecule is COC(=O)c1sc(NC(=O)CN2C(C)CCCC2C)c(C(=O)OC)c1C. The molecule has 1 amide bonds. The summed E-state index contributed by atoms with van der Waals surface area (Å²) in [7, 11) is 2.54. The first kappa shape index (κ1) is 20.4. The fraction of sp³-hybridized carbons (Fsp3) is 0.611. The number of nitrogens with zero attached hydrogens (tertiary/aromatic N) is 1. The van der Waals surface area contributed by atoms with Gasteiger partial charge in [0.1, 0.15) is 9.88 Å². The third-order valence-corrected chi connectivity index (χ3v) is 6.05. The molecule has 1 aliphatic heterocycles. The third kappa shape index (κ3) is 4.24. The van der Waals surface area contributed by atoms with Gasteiger partial charge in [-0.15, -0.1) is 11.3 Å². The fourth-order valence-electron chi connectivity index (χ4n) is 3.36. The molecule has 0 radical (unpaired) electrons. The van der Waals surface area contributed by atoms with Crippen molar-refractivity contribution in [1.29, 1.82) is 0 Å². The molecular weight excluding hydrogens is 356 g/mol. The van der Waals surface area contributed by atoms with E-state index in [0.29, 0.717) is 22.6 Å². The first-order valence-corrected chi connectivity index (χ1v) is 9.47. The Morgan fingerprint density at radius 2 is 1.69 bits per heavy atom. The zero-order valence-corrected chi connectivity index (χ0v) is 16.7. The Balaban J connectivity index is 2.23. The van der Waals surface area contributed by atoms with Crippen LogP contribution in [-0.2, 0) is 14.3 Å². The predicted molar refractivity (Wildman–Crippen MR) is 99.8 cm³/mol. The number of ether oxygens (including phenoxy) is 2. The molecule has 0 spiro atoms. The van der Waals surface area contributed by atoms with E-state index >= 15 is 0 Å². The number of likely N-dealkylation sites (tertiary alicyclic amines) is 1. The Morgan fingerprint density at radius 1 is 1.12 bits per heavy atom. The summed E-state index contributed by atoms with van der Waals surface area (Å²) < 4.78 is 9.56. The van der Waals surface area contributed by atoms with Crippen LogP contribution in [-0.4, -0.2) is 55.6 Å². The second kappa shape index (κ2) is 8.64. The first-order chi connectivity index (χ1) is 12.3. The van der Waals surface area contributed by atoms with Crippen LogP contribution in [0.2, 0.25) is 0 Å². The van der Waals surface area contributed by atoms with Gasteiger partial charge >= 0.3 is 11.9 Å². The zero-order valence-electron chi connectivity index (χ0n) is 15.9. The van der Waals surface area contributed by atoms with Crippen LogP contribution in [0.25, 0.3) is 0 Å². The smallest absolute Gasteiger partial charge is 0.348 e. The van der Waals surface area contributed by atoms with E-state index in [-0.39, 0.29) is 22.9 Å². The van der Waals surface area contributed by atoms with E-state index in [1.54, 1.807) is 6.92 Å². The lowest BCUT2D eigenvalue weighted by Crippen LogP contribution is -2.47. The molecule has 2 heterocycles. The summed E-state index contributed by atoms with van der Waals surface area (Å²) in [6, 6.07) is 0.667. The Kier molecular flexibility index (Phi) is 6.77. The summed E-state index contributed by atoms with van der Waals surface area (Å²) in [5, 5.41) is 3.10. The predicted octanol–water partition coefficient (Wildman–Crippen LogP) is 2.83. The van der Waals surface area contributed by atoms with Crippen molar-refractivity contribution in [2.75, 3.05) is 26.1 Å². The fourth-order valence-corrected chi connectivity index (χ4v) is 4.48. The molecule has 8 heteroatoms. The molecule has 2 unspecified atom stereocenters. The molecule has 2 rings (SSSR count). The summed E-state index contributed by atoms with van der Waals surface area (Å²) in [6.45, 7) is 6.12. The van der Waals surface area contributed by atoms with Crippen LogP contribution in [0.3, 0.4) is 0 Å². The van der Waals surface area contributed by atoms with Gasteiger partial charge in [-0.1, -0.05) is 6.42 Å². The molecule has 1 aliphatic rings. The lowest BCUT2D eigenvalue weighted by atomic mass is 9.97. The summed E-state index contributed by atoms with van der Waals surface area (Å²) in [6.07, 6.45) is 3.30. The van der Waals surface area contributed by atoms with Gasteiger partial charge < -0.3 is 14.8 Å². The van der Waals surface area contributed by atoms with Crippen LogP contribution < -0.4 is 5.32 Å². The number of hydrogen-bond acceptors (Lipinski definition) is 7. The van der Waals surface area contributed by atoms with E-state index in [0.717, 1.165) is 24.2 Å². The van der Waals surface area contributed by atoms with Crippen molar-refractivity contribution in [3.8, 4) is 0 Å². The molecule has 144 valence electrons. The number of anilines is 1. The molecule has 2 atom stereocenters. The molecule has 7 nitrogen and oxygen atoms in total. The van der Waals surface area contributed by atoms with Crippen molar-refractivity contribution in [2.45, 2.75) is 52.1 Å². The number of amides is 1. The van der Waals surface area contributed by atoms with E-state index in [2.05, 4.69) is 24.1 Å². The van der Waals surface area contributed by atoms with Gasteiger partial charge in [0.05, 0.1) is 26.3 Å². The molecule has 0 aliphatic carbocycles. The number of carbonyl (C=O) groups is 3. The minimum atomic E-state index is -0.594. The van der Waals surface area contributed by atoms with Crippen LogP contribution >= 0.6 is 11.3 Å². The molecular formula is C18H26N2O5S. The summed E-state index contributed by atoms with van der Waals surface area (Å²) in [5.74, 6) is -1.35. The van der Waals surface area contributed by atoms with Gasteiger partial charge in [0, 0.05) is 12.1 Å². The molecule has 0 bridgehead atoms. The van der Waals surface area contributed by atoms with Crippen LogP contribution in [0.1, 0.15) is 58.7 Å². The number of methoxy groups -OCH3 is 2. The van der Waals surface area contributed by atoms with E-state index in [1.165, 1.54) is 20.6 Å². The first-order valence-electron chi connectivity index (χ1n) is 8.65. The zero-order chi connectivity index (χ0) is 19.4. The number of esters is 2. The average Bonchev–Trinajstić information content (AvgIpc) is 2.93. The van der Waals surface area contributed by atoms with Gasteiger partial charge in [-0.2, -0.15) is 0 Å². The quantitative estimate of drug-likeness (QED) is 0.788. The van der Waals surface area contributed by atoms with Crippen molar-refractivity contribution in [2.24, 2.45) is 0 Å². The summed E-state index contributed by atoms with van der Waals surface area (Å²) in [4.78, 5) is 39.1. The molecule has 0 saturated carbocycles. The van der Waals surface area contributed by atoms with Crippen LogP contribution in [0, 0.1) is 6.92 Å². The molecule has 1 saturated heterocycles. The highest BCUT2D eigenvalue weighted by molar-refractivity contribution is 7.18. The minimum Gasteiger partial charge on any atom is -0.465 e. The maximum Gasteiger partial charge on any atom is 0.348 e. The van der Waals surface area contributed by atoms with Crippen LogP contribution in [0.5, 0.6) is 0 Å². The van der Waals surface area contributed by atoms with Gasteiger partial charge in [-0.25, -0.2) is 9.59 Å². The highest BCUT2D eigenvalue weighted by atomic mass is 32.1. The second-order valence-electron chi connectivity index (χ2n) is 6.59. The molecule has 1 aromatic heterocycles. The number of hydrogen-bond donors (Lipinski definition) is 1. The Hall–Kier alpha value is -1.93. The Labute approximate surface area is 157 Å². The maximum absolute atomic E-state index is 12.6. The average molecular weight is 382 g/mol. The largest absolute Gasteiger partial charge is 0.465 e. The second-order valence-corrected chi connectivity index (χ2v) is 7.61. The van der Waals surface area contributed by atoms with Crippen molar-refractivity contribution >= 4 is 34.2 Å². The third-order valence-electron chi connectivity index (χ3n) is 4.86. The molecule has 1 N–H and O–H groups in total. The number of thiophene rings is 1. The van der Waals surface area contributed by atoms with Crippen LogP contribution in [0.15, 0.2) is 0 Å². The van der Waals surface area contributed by atoms with E-state index in [9.17, 15) is 14.4 Å². The van der Waals surface area contributed by atoms with Gasteiger partial charge in [-0.3, -0.25) is 9.69 Å². The lowest BCUT2D eigenvalue weighted by molar-refractivity contribution is -0.118. The number of piperidine rings is 1. The van der Waals surface area contributed by atoms with Crippen molar-refractivity contribution in [3.05, 3.63) is 16.0 Å². The maximum atomic E-state index is 12.6. The van der Waals surface area contributed by atoms with E-state index < -0.39 is 11.9 Å².